The van der Waals surface area contributed by atoms with Crippen molar-refractivity contribution in [2.45, 2.75) is 0 Å². The van der Waals surface area contributed by atoms with Gasteiger partial charge in [-0.25, -0.2) is 0 Å². The van der Waals surface area contributed by atoms with Crippen LogP contribution >= 0.6 is 0 Å². The molecule has 12 heteroatoms. The Hall–Kier alpha value is -2.92. The van der Waals surface area contributed by atoms with Gasteiger partial charge in [-0.2, -0.15) is 0 Å². The highest BCUT2D eigenvalue weighted by atomic mass is 16.6. The lowest BCUT2D eigenvalue weighted by molar-refractivity contribution is -0.417. The maximum absolute atomic E-state index is 10.5. The molecule has 0 spiro atoms. The molecule has 0 aliphatic rings. The van der Waals surface area contributed by atoms with Gasteiger partial charge >= 0.3 is 23.3 Å². The van der Waals surface area contributed by atoms with Crippen molar-refractivity contribution in [1.82, 2.24) is 9.97 Å². The summed E-state index contributed by atoms with van der Waals surface area (Å²) in [7, 11) is 0.921. The second-order valence-corrected chi connectivity index (χ2v) is 2.48. The minimum atomic E-state index is -1.25. The highest BCUT2D eigenvalue weighted by molar-refractivity contribution is 5.53. The summed E-state index contributed by atoms with van der Waals surface area (Å²) >= 11 is 0. The van der Waals surface area contributed by atoms with Crippen molar-refractivity contribution in [2.75, 3.05) is 7.11 Å². The molecule has 1 aromatic heterocycles. The molecule has 0 bridgehead atoms. The molecule has 0 aliphatic carbocycles. The summed E-state index contributed by atoms with van der Waals surface area (Å²) in [6.45, 7) is 0. The standard InChI is InChI=1S/C5H3N5O7/c1-17-2-3(8(11)12)6-5(10(15)16)7-4(2)9(13)14/h1H3. The molecule has 0 N–H and O–H groups in total. The van der Waals surface area contributed by atoms with Crippen LogP contribution in [0.5, 0.6) is 5.75 Å². The number of rotatable bonds is 4. The molecule has 0 fully saturated rings. The largest absolute Gasteiger partial charge is 0.513 e. The fourth-order valence-electron chi connectivity index (χ4n) is 0.928. The number of hydrogen-bond donors (Lipinski definition) is 0. The molecular weight excluding hydrogens is 242 g/mol. The zero-order valence-corrected chi connectivity index (χ0v) is 8.09. The number of nitrogens with zero attached hydrogens (tertiary/aromatic N) is 5. The summed E-state index contributed by atoms with van der Waals surface area (Å²) in [5.74, 6) is -4.36. The van der Waals surface area contributed by atoms with Crippen molar-refractivity contribution >= 4 is 17.6 Å². The van der Waals surface area contributed by atoms with Crippen LogP contribution in [0, 0.1) is 30.3 Å². The third-order valence-corrected chi connectivity index (χ3v) is 1.53. The van der Waals surface area contributed by atoms with E-state index in [1.54, 1.807) is 0 Å². The fraction of sp³-hybridized carbons (Fsp3) is 0.200. The second-order valence-electron chi connectivity index (χ2n) is 2.48. The number of ether oxygens (including phenoxy) is 1. The lowest BCUT2D eigenvalue weighted by Gasteiger charge is -2.02. The van der Waals surface area contributed by atoms with Gasteiger partial charge in [0.2, 0.25) is 0 Å². The van der Waals surface area contributed by atoms with Crippen LogP contribution in [-0.2, 0) is 0 Å². The van der Waals surface area contributed by atoms with E-state index in [0.717, 1.165) is 7.11 Å². The van der Waals surface area contributed by atoms with E-state index in [1.165, 1.54) is 0 Å². The van der Waals surface area contributed by atoms with Crippen molar-refractivity contribution in [2.24, 2.45) is 0 Å². The first-order chi connectivity index (χ1) is 7.88. The van der Waals surface area contributed by atoms with Gasteiger partial charge in [0.15, 0.2) is 0 Å². The average molecular weight is 245 g/mol. The summed E-state index contributed by atoms with van der Waals surface area (Å²) in [4.78, 5) is 33.8. The summed E-state index contributed by atoms with van der Waals surface area (Å²) in [6, 6.07) is 0. The van der Waals surface area contributed by atoms with Gasteiger partial charge in [-0.1, -0.05) is 0 Å². The van der Waals surface area contributed by atoms with Gasteiger partial charge in [0.1, 0.15) is 0 Å². The van der Waals surface area contributed by atoms with E-state index >= 15 is 0 Å². The maximum Gasteiger partial charge on any atom is 0.513 e. The van der Waals surface area contributed by atoms with E-state index in [9.17, 15) is 30.3 Å². The molecule has 90 valence electrons. The Morgan fingerprint density at radius 2 is 1.35 bits per heavy atom. The maximum atomic E-state index is 10.5. The topological polar surface area (TPSA) is 164 Å². The Balaban J connectivity index is 3.63. The van der Waals surface area contributed by atoms with E-state index in [4.69, 9.17) is 0 Å². The Kier molecular flexibility index (Phi) is 3.07. The van der Waals surface area contributed by atoms with E-state index in [2.05, 4.69) is 14.7 Å². The zero-order chi connectivity index (χ0) is 13.2. The zero-order valence-electron chi connectivity index (χ0n) is 8.09. The van der Waals surface area contributed by atoms with Crippen molar-refractivity contribution < 1.29 is 19.5 Å². The highest BCUT2D eigenvalue weighted by Crippen LogP contribution is 2.34. The molecular formula is C5H3N5O7. The first-order valence-corrected chi connectivity index (χ1v) is 3.77. The minimum Gasteiger partial charge on any atom is -0.484 e. The summed E-state index contributed by atoms with van der Waals surface area (Å²) < 4.78 is 4.40. The van der Waals surface area contributed by atoms with Crippen LogP contribution in [0.1, 0.15) is 0 Å². The quantitative estimate of drug-likeness (QED) is 0.532. The molecule has 0 aromatic carbocycles. The molecule has 0 atom stereocenters. The van der Waals surface area contributed by atoms with Crippen LogP contribution < -0.4 is 4.74 Å². The van der Waals surface area contributed by atoms with Crippen molar-refractivity contribution in [3.63, 3.8) is 0 Å². The normalized spacial score (nSPS) is 9.71. The van der Waals surface area contributed by atoms with Gasteiger partial charge in [-0.15, -0.1) is 0 Å². The first-order valence-electron chi connectivity index (χ1n) is 3.77. The van der Waals surface area contributed by atoms with Crippen molar-refractivity contribution in [3.8, 4) is 5.75 Å². The molecule has 0 amide bonds. The van der Waals surface area contributed by atoms with Crippen LogP contribution in [-0.4, -0.2) is 31.8 Å². The molecule has 0 radical (unpaired) electrons. The molecule has 0 aliphatic heterocycles. The van der Waals surface area contributed by atoms with Crippen LogP contribution in [0.15, 0.2) is 0 Å². The smallest absolute Gasteiger partial charge is 0.484 e. The van der Waals surface area contributed by atoms with Gasteiger partial charge in [0, 0.05) is 4.98 Å². The van der Waals surface area contributed by atoms with Crippen LogP contribution in [0.4, 0.5) is 17.6 Å². The minimum absolute atomic E-state index is 0.842. The highest BCUT2D eigenvalue weighted by Gasteiger charge is 2.34. The van der Waals surface area contributed by atoms with Crippen LogP contribution in [0.3, 0.4) is 0 Å². The molecule has 0 unspecified atom stereocenters. The third-order valence-electron chi connectivity index (χ3n) is 1.53. The molecule has 17 heavy (non-hydrogen) atoms. The first kappa shape index (κ1) is 12.2. The molecule has 0 saturated carbocycles. The van der Waals surface area contributed by atoms with Crippen LogP contribution in [0.2, 0.25) is 0 Å². The predicted molar refractivity (Wildman–Crippen MR) is 48.5 cm³/mol. The fourth-order valence-corrected chi connectivity index (χ4v) is 0.928. The third kappa shape index (κ3) is 2.19. The Labute approximate surface area is 91.3 Å². The number of aromatic nitrogens is 2. The molecule has 1 heterocycles. The number of nitro groups is 3. The van der Waals surface area contributed by atoms with Crippen LogP contribution in [0.25, 0.3) is 0 Å². The van der Waals surface area contributed by atoms with Gasteiger partial charge in [0.25, 0.3) is 0 Å². The molecule has 12 nitrogen and oxygen atoms in total. The summed E-state index contributed by atoms with van der Waals surface area (Å²) in [5, 5.41) is 31.4. The Morgan fingerprint density at radius 3 is 1.59 bits per heavy atom. The van der Waals surface area contributed by atoms with E-state index < -0.39 is 38.1 Å². The molecule has 1 rings (SSSR count). The lowest BCUT2D eigenvalue weighted by atomic mass is 10.5. The molecule has 0 saturated heterocycles. The van der Waals surface area contributed by atoms with E-state index in [1.807, 2.05) is 0 Å². The van der Waals surface area contributed by atoms with E-state index in [-0.39, 0.29) is 0 Å². The van der Waals surface area contributed by atoms with Crippen molar-refractivity contribution in [3.05, 3.63) is 30.3 Å². The SMILES string of the molecule is COc1c([N+](=O)[O-])nc([N+](=O)[O-])nc1[N+](=O)[O-]. The van der Waals surface area contributed by atoms with E-state index in [0.29, 0.717) is 0 Å². The summed E-state index contributed by atoms with van der Waals surface area (Å²) in [6.07, 6.45) is 0. The van der Waals surface area contributed by atoms with Gasteiger partial charge in [-0.3, -0.25) is 0 Å². The van der Waals surface area contributed by atoms with Gasteiger partial charge in [-0.05, 0) is 19.8 Å². The number of methoxy groups -OCH3 is 1. The second kappa shape index (κ2) is 4.30. The lowest BCUT2D eigenvalue weighted by Crippen LogP contribution is -2.06. The average Bonchev–Trinajstić information content (AvgIpc) is 2.26. The Morgan fingerprint density at radius 1 is 0.941 bits per heavy atom. The van der Waals surface area contributed by atoms with Gasteiger partial charge in [0.05, 0.1) is 7.11 Å². The van der Waals surface area contributed by atoms with Gasteiger partial charge < -0.3 is 35.1 Å². The molecule has 1 aromatic rings. The monoisotopic (exact) mass is 245 g/mol. The predicted octanol–water partition coefficient (Wildman–Crippen LogP) is 0.210. The Bertz CT molecular complexity index is 478. The number of hydrogen-bond acceptors (Lipinski definition) is 9. The summed E-state index contributed by atoms with van der Waals surface area (Å²) in [5.41, 5.74) is 0. The van der Waals surface area contributed by atoms with Crippen molar-refractivity contribution in [1.29, 1.82) is 0 Å².